The van der Waals surface area contributed by atoms with Crippen LogP contribution in [-0.2, 0) is 14.4 Å². The van der Waals surface area contributed by atoms with Crippen molar-refractivity contribution in [3.63, 3.8) is 0 Å². The first-order chi connectivity index (χ1) is 9.17. The van der Waals surface area contributed by atoms with E-state index in [4.69, 9.17) is 25.5 Å². The minimum absolute atomic E-state index is 0. The van der Waals surface area contributed by atoms with Gasteiger partial charge in [0, 0.05) is 11.9 Å². The van der Waals surface area contributed by atoms with Crippen molar-refractivity contribution >= 4 is 18.2 Å². The molecule has 118 valence electrons. The van der Waals surface area contributed by atoms with Crippen molar-refractivity contribution < 1.29 is 109 Å². The molecule has 0 saturated carbocycles. The van der Waals surface area contributed by atoms with Crippen molar-refractivity contribution in [2.45, 2.75) is 37.3 Å². The third kappa shape index (κ3) is 16.8. The molecule has 5 N–H and O–H groups in total. The summed E-state index contributed by atoms with van der Waals surface area (Å²) in [7, 11) is 0. The van der Waals surface area contributed by atoms with Crippen molar-refractivity contribution in [2.24, 2.45) is 0 Å². The maximum atomic E-state index is 9.90. The number of carboxylic acids is 2. The molecule has 0 saturated heterocycles. The van der Waals surface area contributed by atoms with Crippen LogP contribution in [0.15, 0.2) is 0 Å². The van der Waals surface area contributed by atoms with E-state index in [1.807, 2.05) is 0 Å². The molecule has 0 aliphatic carbocycles. The Labute approximate surface area is 170 Å². The van der Waals surface area contributed by atoms with Crippen molar-refractivity contribution in [2.75, 3.05) is 6.61 Å². The van der Waals surface area contributed by atoms with E-state index in [1.165, 1.54) is 0 Å². The molecule has 0 radical (unpaired) electrons. The molecule has 22 heavy (non-hydrogen) atoms. The molecule has 0 amide bonds. The number of carbonyl (C=O) groups excluding carboxylic acids is 3. The normalized spacial score (nSPS) is 14.6. The number of aliphatic carboxylic acids is 2. The Bertz CT molecular complexity index is 300. The van der Waals surface area contributed by atoms with Crippen molar-refractivity contribution in [3.05, 3.63) is 0 Å². The second-order valence-electron chi connectivity index (χ2n) is 3.60. The average molecular weight is 342 g/mol. The fourth-order valence-corrected chi connectivity index (χ4v) is 0.822. The summed E-state index contributed by atoms with van der Waals surface area (Å²) in [6.45, 7) is -0.760. The van der Waals surface area contributed by atoms with Crippen LogP contribution in [0.3, 0.4) is 0 Å². The summed E-state index contributed by atoms with van der Waals surface area (Å²) < 4.78 is 0. The van der Waals surface area contributed by atoms with Gasteiger partial charge in [0.1, 0.15) is 24.4 Å². The minimum atomic E-state index is -1.79. The molecule has 0 aromatic rings. The van der Waals surface area contributed by atoms with Gasteiger partial charge in [-0.15, -0.1) is 0 Å². The second kappa shape index (κ2) is 17.8. The Morgan fingerprint density at radius 3 is 1.50 bits per heavy atom. The van der Waals surface area contributed by atoms with E-state index in [-0.39, 0.29) is 65.4 Å². The molecular formula is C10H16Na2O10. The van der Waals surface area contributed by atoms with Crippen LogP contribution in [0.2, 0.25) is 0 Å². The van der Waals surface area contributed by atoms with E-state index in [0.717, 1.165) is 0 Å². The molecule has 0 rings (SSSR count). The molecule has 10 nitrogen and oxygen atoms in total. The third-order valence-corrected chi connectivity index (χ3v) is 1.95. The van der Waals surface area contributed by atoms with Gasteiger partial charge < -0.3 is 50.1 Å². The summed E-state index contributed by atoms with van der Waals surface area (Å²) in [5, 5.41) is 62.5. The first-order valence-corrected chi connectivity index (χ1v) is 5.35. The molecule has 0 heterocycles. The van der Waals surface area contributed by atoms with Gasteiger partial charge in [-0.05, 0) is 12.8 Å². The van der Waals surface area contributed by atoms with Crippen molar-refractivity contribution in [1.82, 2.24) is 0 Å². The zero-order valence-electron chi connectivity index (χ0n) is 12.3. The predicted octanol–water partition coefficient (Wildman–Crippen LogP) is -12.1. The van der Waals surface area contributed by atoms with Gasteiger partial charge in [0.2, 0.25) is 0 Å². The summed E-state index contributed by atoms with van der Waals surface area (Å²) in [4.78, 5) is 28.9. The van der Waals surface area contributed by atoms with Gasteiger partial charge in [0.25, 0.3) is 0 Å². The van der Waals surface area contributed by atoms with E-state index >= 15 is 0 Å². The van der Waals surface area contributed by atoms with Crippen LogP contribution >= 0.6 is 0 Å². The number of aliphatic hydroxyl groups excluding tert-OH is 5. The largest absolute Gasteiger partial charge is 1.00 e. The van der Waals surface area contributed by atoms with Gasteiger partial charge in [-0.2, -0.15) is 0 Å². The number of aldehydes is 1. The molecule has 0 aromatic carbocycles. The monoisotopic (exact) mass is 342 g/mol. The number of aliphatic hydroxyl groups is 5. The van der Waals surface area contributed by atoms with E-state index in [9.17, 15) is 24.6 Å². The summed E-state index contributed by atoms with van der Waals surface area (Å²) >= 11 is 0. The third-order valence-electron chi connectivity index (χ3n) is 1.95. The van der Waals surface area contributed by atoms with E-state index in [1.54, 1.807) is 0 Å². The number of hydrogen-bond acceptors (Lipinski definition) is 10. The molecule has 12 heteroatoms. The zero-order valence-corrected chi connectivity index (χ0v) is 16.3. The van der Waals surface area contributed by atoms with Crippen LogP contribution in [0.25, 0.3) is 0 Å². The fourth-order valence-electron chi connectivity index (χ4n) is 0.822. The molecule has 0 fully saturated rings. The smallest absolute Gasteiger partial charge is 0.550 e. The van der Waals surface area contributed by atoms with Gasteiger partial charge >= 0.3 is 59.1 Å². The van der Waals surface area contributed by atoms with Crippen molar-refractivity contribution in [1.29, 1.82) is 0 Å². The molecule has 4 atom stereocenters. The van der Waals surface area contributed by atoms with Gasteiger partial charge in [-0.25, -0.2) is 0 Å². The zero-order chi connectivity index (χ0) is 16.3. The average Bonchev–Trinajstić information content (AvgIpc) is 2.42. The van der Waals surface area contributed by atoms with Gasteiger partial charge in [0.05, 0.1) is 6.61 Å². The van der Waals surface area contributed by atoms with Crippen molar-refractivity contribution in [3.8, 4) is 0 Å². The molecule has 0 spiro atoms. The predicted molar refractivity (Wildman–Crippen MR) is 56.4 cm³/mol. The minimum Gasteiger partial charge on any atom is -0.550 e. The summed E-state index contributed by atoms with van der Waals surface area (Å²) in [6, 6.07) is 0. The topological polar surface area (TPSA) is 198 Å². The van der Waals surface area contributed by atoms with Crippen LogP contribution in [0.5, 0.6) is 0 Å². The van der Waals surface area contributed by atoms with Crippen LogP contribution < -0.4 is 69.3 Å². The molecule has 0 aliphatic heterocycles. The maximum absolute atomic E-state index is 9.90. The van der Waals surface area contributed by atoms with Crippen LogP contribution in [0.1, 0.15) is 12.8 Å². The number of hydrogen-bond donors (Lipinski definition) is 5. The SMILES string of the molecule is O=C([O-])CCC(=O)[O-].O=C[C@H](O)[C@@H](O)[C@H](O)[C@H](O)CO.[Na+].[Na+]. The summed E-state index contributed by atoms with van der Waals surface area (Å²) in [5.74, 6) is -2.73. The Hall–Kier alpha value is 0.410. The molecule has 0 unspecified atom stereocenters. The van der Waals surface area contributed by atoms with E-state index in [2.05, 4.69) is 0 Å². The molecule has 0 aliphatic rings. The van der Waals surface area contributed by atoms with Gasteiger partial charge in [-0.3, -0.25) is 0 Å². The standard InChI is InChI=1S/C6H12O6.C4H6O4.2Na/c7-1-3(9)5(11)6(12)4(10)2-8;5-3(6)1-2-4(7)8;;/h1,3-6,8-12H,2H2;1-2H2,(H,5,6)(H,7,8);;/q;;2*+1/p-2/t3-,4+,5+,6+;;;/m0.../s1. The second-order valence-corrected chi connectivity index (χ2v) is 3.60. The maximum Gasteiger partial charge on any atom is 1.00 e. The first-order valence-electron chi connectivity index (χ1n) is 5.35. The van der Waals surface area contributed by atoms with E-state index in [0.29, 0.717) is 0 Å². The van der Waals surface area contributed by atoms with Crippen LogP contribution in [-0.4, -0.2) is 74.8 Å². The Morgan fingerprint density at radius 2 is 1.27 bits per heavy atom. The van der Waals surface area contributed by atoms with Crippen LogP contribution in [0, 0.1) is 0 Å². The Balaban J connectivity index is -0.000000144. The molecular weight excluding hydrogens is 326 g/mol. The van der Waals surface area contributed by atoms with Gasteiger partial charge in [-0.1, -0.05) is 0 Å². The first kappa shape index (κ1) is 30.3. The number of carboxylic acid groups (broad SMARTS) is 2. The molecule has 0 bridgehead atoms. The quantitative estimate of drug-likeness (QED) is 0.208. The van der Waals surface area contributed by atoms with Gasteiger partial charge in [0.15, 0.2) is 6.29 Å². The summed E-state index contributed by atoms with van der Waals surface area (Å²) in [5.41, 5.74) is 0. The fraction of sp³-hybridized carbons (Fsp3) is 0.700. The molecule has 0 aromatic heterocycles. The Morgan fingerprint density at radius 1 is 0.909 bits per heavy atom. The summed E-state index contributed by atoms with van der Waals surface area (Å²) in [6.07, 6.45) is -7.78. The van der Waals surface area contributed by atoms with Crippen LogP contribution in [0.4, 0.5) is 0 Å². The number of carbonyl (C=O) groups is 3. The number of rotatable bonds is 8. The Kier molecular flexibility index (Phi) is 24.5. The van der Waals surface area contributed by atoms with E-state index < -0.39 is 55.8 Å².